The third-order valence-corrected chi connectivity index (χ3v) is 8.48. The van der Waals surface area contributed by atoms with E-state index in [4.69, 9.17) is 0 Å². The molecule has 0 spiro atoms. The Morgan fingerprint density at radius 3 is 2.21 bits per heavy atom. The summed E-state index contributed by atoms with van der Waals surface area (Å²) in [6.45, 7) is 0.659. The lowest BCUT2D eigenvalue weighted by Gasteiger charge is -2.55. The van der Waals surface area contributed by atoms with Crippen molar-refractivity contribution in [3.05, 3.63) is 59.7 Å². The van der Waals surface area contributed by atoms with Crippen molar-refractivity contribution < 1.29 is 14.4 Å². The van der Waals surface area contributed by atoms with Crippen molar-refractivity contribution in [2.24, 2.45) is 23.2 Å². The van der Waals surface area contributed by atoms with Crippen LogP contribution < -0.4 is 15.5 Å². The van der Waals surface area contributed by atoms with E-state index < -0.39 is 0 Å². The van der Waals surface area contributed by atoms with Gasteiger partial charge in [0.2, 0.25) is 11.8 Å². The minimum atomic E-state index is -0.245. The first-order valence-corrected chi connectivity index (χ1v) is 12.6. The SMILES string of the molecule is O=C(CNC(=O)C12CC3CC(CC(C3)C1)C2)Nc1ccc(C(=O)N2CCc3ccccc32)cc1. The highest BCUT2D eigenvalue weighted by Gasteiger charge is 2.54. The van der Waals surface area contributed by atoms with Crippen LogP contribution in [-0.2, 0) is 16.0 Å². The minimum Gasteiger partial charge on any atom is -0.347 e. The van der Waals surface area contributed by atoms with E-state index in [0.29, 0.717) is 35.5 Å². The Morgan fingerprint density at radius 2 is 1.53 bits per heavy atom. The maximum atomic E-state index is 13.1. The van der Waals surface area contributed by atoms with Crippen LogP contribution in [0.2, 0.25) is 0 Å². The van der Waals surface area contributed by atoms with Crippen LogP contribution in [0.5, 0.6) is 0 Å². The molecule has 4 saturated carbocycles. The Morgan fingerprint density at radius 1 is 0.882 bits per heavy atom. The molecule has 7 rings (SSSR count). The highest BCUT2D eigenvalue weighted by atomic mass is 16.2. The van der Waals surface area contributed by atoms with Crippen molar-refractivity contribution in [3.63, 3.8) is 0 Å². The molecule has 0 radical (unpaired) electrons. The van der Waals surface area contributed by atoms with E-state index in [1.165, 1.54) is 24.8 Å². The Balaban J connectivity index is 1.04. The number of para-hydroxylation sites is 1. The van der Waals surface area contributed by atoms with Crippen molar-refractivity contribution in [1.82, 2.24) is 5.32 Å². The van der Waals surface area contributed by atoms with Gasteiger partial charge in [-0.2, -0.15) is 0 Å². The monoisotopic (exact) mass is 457 g/mol. The number of nitrogens with one attached hydrogen (secondary N) is 2. The summed E-state index contributed by atoms with van der Waals surface area (Å²) in [6, 6.07) is 15.0. The van der Waals surface area contributed by atoms with Crippen LogP contribution >= 0.6 is 0 Å². The molecule has 0 atom stereocenters. The van der Waals surface area contributed by atoms with Gasteiger partial charge in [-0.05, 0) is 98.6 Å². The lowest BCUT2D eigenvalue weighted by Crippen LogP contribution is -2.54. The number of carbonyl (C=O) groups is 3. The maximum Gasteiger partial charge on any atom is 0.258 e. The highest BCUT2D eigenvalue weighted by Crippen LogP contribution is 2.60. The normalized spacial score (nSPS) is 28.5. The quantitative estimate of drug-likeness (QED) is 0.708. The number of rotatable bonds is 5. The number of nitrogens with zero attached hydrogens (tertiary/aromatic N) is 1. The van der Waals surface area contributed by atoms with Crippen molar-refractivity contribution in [3.8, 4) is 0 Å². The number of carbonyl (C=O) groups excluding carboxylic acids is 3. The van der Waals surface area contributed by atoms with Crippen LogP contribution in [0.15, 0.2) is 48.5 Å². The van der Waals surface area contributed by atoms with Crippen LogP contribution in [0, 0.1) is 23.2 Å². The van der Waals surface area contributed by atoms with Gasteiger partial charge in [-0.1, -0.05) is 18.2 Å². The van der Waals surface area contributed by atoms with Gasteiger partial charge in [-0.15, -0.1) is 0 Å². The maximum absolute atomic E-state index is 13.1. The molecule has 2 aromatic rings. The van der Waals surface area contributed by atoms with Gasteiger partial charge in [0.15, 0.2) is 0 Å². The van der Waals surface area contributed by atoms with Crippen LogP contribution in [0.25, 0.3) is 0 Å². The topological polar surface area (TPSA) is 78.5 Å². The first-order chi connectivity index (χ1) is 16.5. The molecule has 5 aliphatic rings. The molecule has 6 nitrogen and oxygen atoms in total. The second-order valence-corrected chi connectivity index (χ2v) is 10.8. The van der Waals surface area contributed by atoms with Gasteiger partial charge in [0.25, 0.3) is 5.91 Å². The minimum absolute atomic E-state index is 0.0220. The molecule has 34 heavy (non-hydrogen) atoms. The van der Waals surface area contributed by atoms with E-state index in [1.807, 2.05) is 23.1 Å². The van der Waals surface area contributed by atoms with E-state index in [-0.39, 0.29) is 29.7 Å². The summed E-state index contributed by atoms with van der Waals surface area (Å²) in [4.78, 5) is 40.3. The third kappa shape index (κ3) is 3.79. The van der Waals surface area contributed by atoms with Crippen molar-refractivity contribution in [2.45, 2.75) is 44.9 Å². The summed E-state index contributed by atoms with van der Waals surface area (Å²) in [5, 5.41) is 5.77. The van der Waals surface area contributed by atoms with E-state index in [1.54, 1.807) is 24.3 Å². The standard InChI is InChI=1S/C28H31N3O3/c32-25(17-29-27(34)28-14-18-11-19(15-28)13-20(12-18)16-28)30-23-7-5-22(6-8-23)26(33)31-10-9-21-3-1-2-4-24(21)31/h1-8,18-20H,9-17H2,(H,29,34)(H,30,32). The molecule has 1 heterocycles. The van der Waals surface area contributed by atoms with Gasteiger partial charge < -0.3 is 15.5 Å². The number of hydrogen-bond donors (Lipinski definition) is 2. The zero-order chi connectivity index (χ0) is 23.3. The van der Waals surface area contributed by atoms with Crippen LogP contribution in [0.4, 0.5) is 11.4 Å². The molecular formula is C28H31N3O3. The van der Waals surface area contributed by atoms with E-state index in [2.05, 4.69) is 16.7 Å². The summed E-state index contributed by atoms with van der Waals surface area (Å²) >= 11 is 0. The number of hydrogen-bond acceptors (Lipinski definition) is 3. The Bertz CT molecular complexity index is 1100. The van der Waals surface area contributed by atoms with Crippen molar-refractivity contribution in [1.29, 1.82) is 0 Å². The lowest BCUT2D eigenvalue weighted by molar-refractivity contribution is -0.146. The molecule has 4 aliphatic carbocycles. The molecule has 0 aromatic heterocycles. The van der Waals surface area contributed by atoms with Gasteiger partial charge in [0.05, 0.1) is 6.54 Å². The molecular weight excluding hydrogens is 426 g/mol. The van der Waals surface area contributed by atoms with Gasteiger partial charge in [0.1, 0.15) is 0 Å². The number of anilines is 2. The van der Waals surface area contributed by atoms with Gasteiger partial charge in [0, 0.05) is 28.9 Å². The van der Waals surface area contributed by atoms with Crippen molar-refractivity contribution >= 4 is 29.1 Å². The molecule has 176 valence electrons. The molecule has 0 unspecified atom stereocenters. The molecule has 2 aromatic carbocycles. The molecule has 0 saturated heterocycles. The predicted octanol–water partition coefficient (Wildman–Crippen LogP) is 4.16. The average Bonchev–Trinajstić information content (AvgIpc) is 3.26. The fourth-order valence-corrected chi connectivity index (χ4v) is 7.34. The molecule has 4 fully saturated rings. The molecule has 2 N–H and O–H groups in total. The fourth-order valence-electron chi connectivity index (χ4n) is 7.34. The van der Waals surface area contributed by atoms with Crippen LogP contribution in [0.1, 0.15) is 54.4 Å². The molecule has 3 amide bonds. The summed E-state index contributed by atoms with van der Waals surface area (Å²) in [5.41, 5.74) is 3.12. The Hall–Kier alpha value is -3.15. The van der Waals surface area contributed by atoms with Crippen LogP contribution in [0.3, 0.4) is 0 Å². The van der Waals surface area contributed by atoms with E-state index in [0.717, 1.165) is 31.4 Å². The predicted molar refractivity (Wildman–Crippen MR) is 131 cm³/mol. The first kappa shape index (κ1) is 21.4. The highest BCUT2D eigenvalue weighted by molar-refractivity contribution is 6.07. The zero-order valence-electron chi connectivity index (χ0n) is 19.4. The molecule has 4 bridgehead atoms. The van der Waals surface area contributed by atoms with E-state index >= 15 is 0 Å². The lowest BCUT2D eigenvalue weighted by atomic mass is 9.49. The molecule has 6 heteroatoms. The number of fused-ring (bicyclic) bond motifs is 1. The second kappa shape index (κ2) is 8.26. The van der Waals surface area contributed by atoms with Crippen molar-refractivity contribution in [2.75, 3.05) is 23.3 Å². The largest absolute Gasteiger partial charge is 0.347 e. The first-order valence-electron chi connectivity index (χ1n) is 12.6. The fraction of sp³-hybridized carbons (Fsp3) is 0.464. The summed E-state index contributed by atoms with van der Waals surface area (Å²) in [5.74, 6) is 1.87. The van der Waals surface area contributed by atoms with E-state index in [9.17, 15) is 14.4 Å². The second-order valence-electron chi connectivity index (χ2n) is 10.8. The average molecular weight is 458 g/mol. The summed E-state index contributed by atoms with van der Waals surface area (Å²) in [7, 11) is 0. The summed E-state index contributed by atoms with van der Waals surface area (Å²) in [6.07, 6.45) is 7.70. The zero-order valence-corrected chi connectivity index (χ0v) is 19.4. The van der Waals surface area contributed by atoms with Gasteiger partial charge in [-0.3, -0.25) is 14.4 Å². The Labute approximate surface area is 200 Å². The Kier molecular flexibility index (Phi) is 5.19. The number of benzene rings is 2. The smallest absolute Gasteiger partial charge is 0.258 e. The molecule has 1 aliphatic heterocycles. The third-order valence-electron chi connectivity index (χ3n) is 8.48. The number of amides is 3. The van der Waals surface area contributed by atoms with Crippen LogP contribution in [-0.4, -0.2) is 30.8 Å². The van der Waals surface area contributed by atoms with Gasteiger partial charge >= 0.3 is 0 Å². The summed E-state index contributed by atoms with van der Waals surface area (Å²) < 4.78 is 0. The van der Waals surface area contributed by atoms with Gasteiger partial charge in [-0.25, -0.2) is 0 Å².